The predicted molar refractivity (Wildman–Crippen MR) is 455 cm³/mol. The first kappa shape index (κ1) is 108. The van der Waals surface area contributed by atoms with Crippen LogP contribution in [0.2, 0.25) is 0 Å². The van der Waals surface area contributed by atoms with Gasteiger partial charge in [0.15, 0.2) is 12.2 Å². The van der Waals surface area contributed by atoms with Gasteiger partial charge in [0.25, 0.3) is 0 Å². The third-order valence-corrected chi connectivity index (χ3v) is 23.4. The van der Waals surface area contributed by atoms with Gasteiger partial charge in [0.2, 0.25) is 0 Å². The van der Waals surface area contributed by atoms with E-state index in [1.54, 1.807) is 0 Å². The van der Waals surface area contributed by atoms with Gasteiger partial charge < -0.3 is 33.8 Å². The second-order valence-electron chi connectivity index (χ2n) is 33.2. The molecule has 654 valence electrons. The van der Waals surface area contributed by atoms with Crippen molar-refractivity contribution in [1.29, 1.82) is 0 Å². The van der Waals surface area contributed by atoms with Crippen LogP contribution in [0.5, 0.6) is 0 Å². The summed E-state index contributed by atoms with van der Waals surface area (Å²) in [6.45, 7) is 7.44. The van der Waals surface area contributed by atoms with Crippen LogP contribution in [0.25, 0.3) is 0 Å². The molecule has 0 amide bonds. The molecule has 3 N–H and O–H groups in total. The number of ether oxygens (including phenoxy) is 4. The fourth-order valence-corrected chi connectivity index (χ4v) is 15.9. The maximum absolute atomic E-state index is 13.2. The molecular weight excluding hydrogens is 1430 g/mol. The molecule has 0 saturated heterocycles. The third kappa shape index (κ3) is 84.0. The number of rotatable bonds is 91. The van der Waals surface area contributed by atoms with Gasteiger partial charge in [-0.3, -0.25) is 37.3 Å². The van der Waals surface area contributed by atoms with Crippen molar-refractivity contribution in [2.24, 2.45) is 5.92 Å². The SMILES string of the molecule is CCCCCCCCCCCCCCCCCCCCCCC(=O)OC[C@H](COP(=O)(O)OC[C@@H](O)COP(=O)(O)OC[C@@H](COC(=O)CCCCCCCCCCCCCC)OC(=O)CCCCCCCCCCCCCCCCCCC)OC(=O)CCCCCCCCCCCCCCCCCCCCC(C)C. The molecule has 0 saturated carbocycles. The summed E-state index contributed by atoms with van der Waals surface area (Å²) < 4.78 is 69.1. The van der Waals surface area contributed by atoms with E-state index in [-0.39, 0.29) is 25.7 Å². The number of aliphatic hydroxyl groups excluding tert-OH is 1. The zero-order chi connectivity index (χ0) is 80.4. The third-order valence-electron chi connectivity index (χ3n) is 21.5. The fraction of sp³-hybridized carbons (Fsp3) is 0.956. The van der Waals surface area contributed by atoms with Crippen LogP contribution in [-0.4, -0.2) is 96.7 Å². The van der Waals surface area contributed by atoms with Gasteiger partial charge in [-0.2, -0.15) is 0 Å². The minimum absolute atomic E-state index is 0.109. The Bertz CT molecular complexity index is 2080. The zero-order valence-electron chi connectivity index (χ0n) is 72.4. The lowest BCUT2D eigenvalue weighted by molar-refractivity contribution is -0.161. The number of carbonyl (C=O) groups excluding carboxylic acids is 4. The smallest absolute Gasteiger partial charge is 0.462 e. The Labute approximate surface area is 677 Å². The van der Waals surface area contributed by atoms with E-state index >= 15 is 0 Å². The molecule has 110 heavy (non-hydrogen) atoms. The molecule has 0 spiro atoms. The van der Waals surface area contributed by atoms with Crippen molar-refractivity contribution in [2.45, 2.75) is 515 Å². The van der Waals surface area contributed by atoms with Gasteiger partial charge in [0.05, 0.1) is 26.4 Å². The minimum atomic E-state index is -4.97. The van der Waals surface area contributed by atoms with Crippen LogP contribution in [0.3, 0.4) is 0 Å². The van der Waals surface area contributed by atoms with Crippen molar-refractivity contribution in [2.75, 3.05) is 39.6 Å². The quantitative estimate of drug-likeness (QED) is 0.0222. The standard InChI is InChI=1S/C91H178O17P2/c1-6-9-12-15-18-21-24-27-29-31-32-33-38-41-45-50-55-60-65-70-75-89(94)102-81-87(108-91(96)77-72-67-62-57-52-47-43-39-35-34-37-40-44-48-53-58-63-68-73-84(4)5)83-106-110(99,100)104-79-85(92)78-103-109(97,98)105-82-86(80-101-88(93)74-69-64-59-54-49-26-23-20-17-14-11-8-3)107-90(95)76-71-66-61-56-51-46-42-36-30-28-25-22-19-16-13-10-7-2/h84-87,92H,6-83H2,1-5H3,(H,97,98)(H,99,100)/t85-,86+,87+/m0/s1. The Hall–Kier alpha value is -1.94. The monoisotopic (exact) mass is 1610 g/mol. The van der Waals surface area contributed by atoms with Gasteiger partial charge >= 0.3 is 39.5 Å². The molecule has 0 fully saturated rings. The Morgan fingerprint density at radius 3 is 0.618 bits per heavy atom. The van der Waals surface area contributed by atoms with Crippen molar-refractivity contribution in [1.82, 2.24) is 0 Å². The second kappa shape index (κ2) is 83.5. The summed E-state index contributed by atoms with van der Waals surface area (Å²) in [5.41, 5.74) is 0. The highest BCUT2D eigenvalue weighted by Crippen LogP contribution is 2.45. The largest absolute Gasteiger partial charge is 0.472 e. The van der Waals surface area contributed by atoms with Crippen LogP contribution in [0.4, 0.5) is 0 Å². The number of esters is 4. The second-order valence-corrected chi connectivity index (χ2v) is 36.1. The molecule has 0 radical (unpaired) electrons. The molecule has 0 heterocycles. The molecule has 17 nitrogen and oxygen atoms in total. The average Bonchev–Trinajstić information content (AvgIpc) is 0.893. The summed E-state index contributed by atoms with van der Waals surface area (Å²) in [5, 5.41) is 10.7. The maximum atomic E-state index is 13.2. The highest BCUT2D eigenvalue weighted by molar-refractivity contribution is 7.47. The van der Waals surface area contributed by atoms with Crippen molar-refractivity contribution in [3.8, 4) is 0 Å². The number of phosphoric acid groups is 2. The van der Waals surface area contributed by atoms with Crippen molar-refractivity contribution in [3.63, 3.8) is 0 Å². The van der Waals surface area contributed by atoms with E-state index in [0.29, 0.717) is 25.7 Å². The Kier molecular flexibility index (Phi) is 82.1. The average molecular weight is 1610 g/mol. The fourth-order valence-electron chi connectivity index (χ4n) is 14.4. The first-order valence-corrected chi connectivity index (χ1v) is 50.1. The van der Waals surface area contributed by atoms with E-state index in [9.17, 15) is 43.2 Å². The Morgan fingerprint density at radius 2 is 0.418 bits per heavy atom. The Balaban J connectivity index is 5.24. The van der Waals surface area contributed by atoms with Gasteiger partial charge in [-0.1, -0.05) is 446 Å². The van der Waals surface area contributed by atoms with Crippen LogP contribution in [0.15, 0.2) is 0 Å². The van der Waals surface area contributed by atoms with E-state index in [4.69, 9.17) is 37.0 Å². The normalized spacial score (nSPS) is 13.7. The first-order chi connectivity index (χ1) is 53.5. The van der Waals surface area contributed by atoms with Crippen LogP contribution >= 0.6 is 15.6 Å². The molecular formula is C91H178O17P2. The van der Waals surface area contributed by atoms with E-state index in [0.717, 1.165) is 95.8 Å². The summed E-state index contributed by atoms with van der Waals surface area (Å²) in [5.74, 6) is -1.27. The van der Waals surface area contributed by atoms with Crippen molar-refractivity contribution < 1.29 is 80.2 Å². The lowest BCUT2D eigenvalue weighted by atomic mass is 10.0. The topological polar surface area (TPSA) is 237 Å². The lowest BCUT2D eigenvalue weighted by Gasteiger charge is -2.21. The highest BCUT2D eigenvalue weighted by atomic mass is 31.2. The summed E-state index contributed by atoms with van der Waals surface area (Å²) >= 11 is 0. The van der Waals surface area contributed by atoms with Gasteiger partial charge in [0, 0.05) is 25.7 Å². The lowest BCUT2D eigenvalue weighted by Crippen LogP contribution is -2.30. The first-order valence-electron chi connectivity index (χ1n) is 47.1. The predicted octanol–water partition coefficient (Wildman–Crippen LogP) is 28.3. The van der Waals surface area contributed by atoms with Gasteiger partial charge in [-0.15, -0.1) is 0 Å². The van der Waals surface area contributed by atoms with Gasteiger partial charge in [0.1, 0.15) is 19.3 Å². The number of unbranched alkanes of at least 4 members (excludes halogenated alkanes) is 63. The van der Waals surface area contributed by atoms with Crippen LogP contribution < -0.4 is 0 Å². The van der Waals surface area contributed by atoms with Crippen LogP contribution in [-0.2, 0) is 65.4 Å². The van der Waals surface area contributed by atoms with Crippen molar-refractivity contribution >= 4 is 39.5 Å². The molecule has 0 bridgehead atoms. The number of hydrogen-bond donors (Lipinski definition) is 3. The van der Waals surface area contributed by atoms with E-state index in [1.807, 2.05) is 0 Å². The molecule has 0 aliphatic rings. The zero-order valence-corrected chi connectivity index (χ0v) is 74.2. The molecule has 2 unspecified atom stereocenters. The molecule has 0 aromatic rings. The van der Waals surface area contributed by atoms with Gasteiger partial charge in [-0.25, -0.2) is 9.13 Å². The summed E-state index contributed by atoms with van der Waals surface area (Å²) in [4.78, 5) is 73.4. The number of aliphatic hydroxyl groups is 1. The summed E-state index contributed by atoms with van der Waals surface area (Å²) in [6, 6.07) is 0. The van der Waals surface area contributed by atoms with Crippen molar-refractivity contribution in [3.05, 3.63) is 0 Å². The Morgan fingerprint density at radius 1 is 0.245 bits per heavy atom. The van der Waals surface area contributed by atoms with Gasteiger partial charge in [-0.05, 0) is 31.6 Å². The number of carbonyl (C=O) groups is 4. The number of hydrogen-bond acceptors (Lipinski definition) is 15. The molecule has 5 atom stereocenters. The van der Waals surface area contributed by atoms with E-state index in [2.05, 4.69) is 34.6 Å². The van der Waals surface area contributed by atoms with E-state index < -0.39 is 97.5 Å². The minimum Gasteiger partial charge on any atom is -0.462 e. The number of phosphoric ester groups is 2. The summed E-state index contributed by atoms with van der Waals surface area (Å²) in [7, 11) is -9.93. The highest BCUT2D eigenvalue weighted by Gasteiger charge is 2.31. The molecule has 0 rings (SSSR count). The van der Waals surface area contributed by atoms with Crippen LogP contribution in [0, 0.1) is 5.92 Å². The summed E-state index contributed by atoms with van der Waals surface area (Å²) in [6.07, 6.45) is 79.2. The molecule has 0 aromatic heterocycles. The molecule has 0 aliphatic carbocycles. The van der Waals surface area contributed by atoms with Crippen LogP contribution in [0.1, 0.15) is 497 Å². The maximum Gasteiger partial charge on any atom is 0.472 e. The molecule has 0 aliphatic heterocycles. The van der Waals surface area contributed by atoms with E-state index in [1.165, 1.54) is 321 Å². The molecule has 19 heteroatoms. The molecule has 0 aromatic carbocycles.